The standard InChI is InChI=1S/C22H24N2O3S/c23-20-12-14-21(15-13-20)28(25,26)24-17-19-10-4-5-11-22(19)27-16-6-9-18-7-2-1-3-8-18/h1-5,7-8,10-15,24H,6,9,16-17,23H2. The van der Waals surface area contributed by atoms with Crippen molar-refractivity contribution in [3.63, 3.8) is 0 Å². The van der Waals surface area contributed by atoms with Gasteiger partial charge >= 0.3 is 0 Å². The summed E-state index contributed by atoms with van der Waals surface area (Å²) in [4.78, 5) is 0.183. The van der Waals surface area contributed by atoms with Crippen LogP contribution >= 0.6 is 0 Å². The minimum atomic E-state index is -3.61. The molecule has 0 atom stereocenters. The highest BCUT2D eigenvalue weighted by molar-refractivity contribution is 7.89. The van der Waals surface area contributed by atoms with Crippen LogP contribution in [0.2, 0.25) is 0 Å². The number of para-hydroxylation sites is 1. The van der Waals surface area contributed by atoms with Gasteiger partial charge in [-0.3, -0.25) is 0 Å². The summed E-state index contributed by atoms with van der Waals surface area (Å²) < 4.78 is 33.4. The first-order valence-electron chi connectivity index (χ1n) is 9.14. The van der Waals surface area contributed by atoms with Crippen molar-refractivity contribution in [2.45, 2.75) is 24.3 Å². The predicted molar refractivity (Wildman–Crippen MR) is 112 cm³/mol. The number of rotatable bonds is 9. The average Bonchev–Trinajstić information content (AvgIpc) is 2.71. The topological polar surface area (TPSA) is 81.4 Å². The molecule has 0 saturated carbocycles. The summed E-state index contributed by atoms with van der Waals surface area (Å²) in [5.74, 6) is 0.690. The van der Waals surface area contributed by atoms with Gasteiger partial charge in [0.1, 0.15) is 5.75 Å². The number of nitrogens with two attached hydrogens (primary N) is 1. The van der Waals surface area contributed by atoms with Crippen LogP contribution in [-0.4, -0.2) is 15.0 Å². The van der Waals surface area contributed by atoms with E-state index in [2.05, 4.69) is 16.9 Å². The number of aryl methyl sites for hydroxylation is 1. The van der Waals surface area contributed by atoms with E-state index in [0.29, 0.717) is 18.0 Å². The Morgan fingerprint density at radius 3 is 2.29 bits per heavy atom. The van der Waals surface area contributed by atoms with E-state index in [4.69, 9.17) is 10.5 Å². The Morgan fingerprint density at radius 2 is 1.54 bits per heavy atom. The molecule has 3 N–H and O–H groups in total. The van der Waals surface area contributed by atoms with E-state index in [-0.39, 0.29) is 11.4 Å². The van der Waals surface area contributed by atoms with Gasteiger partial charge in [0, 0.05) is 17.8 Å². The fourth-order valence-electron chi connectivity index (χ4n) is 2.80. The average molecular weight is 397 g/mol. The molecule has 0 aliphatic rings. The Labute approximate surface area is 166 Å². The van der Waals surface area contributed by atoms with E-state index in [1.165, 1.54) is 17.7 Å². The predicted octanol–water partition coefficient (Wildman–Crippen LogP) is 3.76. The summed E-state index contributed by atoms with van der Waals surface area (Å²) in [5.41, 5.74) is 8.21. The van der Waals surface area contributed by atoms with Crippen molar-refractivity contribution >= 4 is 15.7 Å². The summed E-state index contributed by atoms with van der Waals surface area (Å²) in [6.07, 6.45) is 1.82. The lowest BCUT2D eigenvalue weighted by Gasteiger charge is -2.13. The molecule has 28 heavy (non-hydrogen) atoms. The monoisotopic (exact) mass is 396 g/mol. The maximum absolute atomic E-state index is 12.5. The fraction of sp³-hybridized carbons (Fsp3) is 0.182. The van der Waals surface area contributed by atoms with Crippen LogP contribution in [0.1, 0.15) is 17.5 Å². The normalized spacial score (nSPS) is 11.3. The lowest BCUT2D eigenvalue weighted by molar-refractivity contribution is 0.307. The number of hydrogen-bond acceptors (Lipinski definition) is 4. The Balaban J connectivity index is 1.56. The van der Waals surface area contributed by atoms with E-state index in [0.717, 1.165) is 18.4 Å². The molecule has 6 heteroatoms. The zero-order chi connectivity index (χ0) is 19.8. The van der Waals surface area contributed by atoms with Crippen LogP contribution in [0.15, 0.2) is 83.8 Å². The number of ether oxygens (including phenoxy) is 1. The second kappa shape index (κ2) is 9.39. The van der Waals surface area contributed by atoms with Gasteiger partial charge in [0.15, 0.2) is 0 Å². The highest BCUT2D eigenvalue weighted by atomic mass is 32.2. The molecule has 0 aromatic heterocycles. The van der Waals surface area contributed by atoms with Gasteiger partial charge < -0.3 is 10.5 Å². The van der Waals surface area contributed by atoms with Gasteiger partial charge in [-0.1, -0.05) is 48.5 Å². The molecule has 0 radical (unpaired) electrons. The molecule has 0 amide bonds. The molecule has 0 heterocycles. The molecule has 3 rings (SSSR count). The smallest absolute Gasteiger partial charge is 0.240 e. The summed E-state index contributed by atoms with van der Waals surface area (Å²) >= 11 is 0. The molecular formula is C22H24N2O3S. The molecule has 0 bridgehead atoms. The number of anilines is 1. The molecule has 0 fully saturated rings. The molecular weight excluding hydrogens is 372 g/mol. The maximum Gasteiger partial charge on any atom is 0.240 e. The largest absolute Gasteiger partial charge is 0.493 e. The molecule has 3 aromatic rings. The van der Waals surface area contributed by atoms with E-state index in [1.807, 2.05) is 42.5 Å². The summed E-state index contributed by atoms with van der Waals surface area (Å²) in [6, 6.07) is 23.8. The van der Waals surface area contributed by atoms with Crippen molar-refractivity contribution in [3.05, 3.63) is 90.0 Å². The first kappa shape index (κ1) is 19.9. The van der Waals surface area contributed by atoms with E-state index >= 15 is 0 Å². The Morgan fingerprint density at radius 1 is 0.857 bits per heavy atom. The molecule has 0 saturated heterocycles. The van der Waals surface area contributed by atoms with Crippen LogP contribution in [0, 0.1) is 0 Å². The summed E-state index contributed by atoms with van der Waals surface area (Å²) in [6.45, 7) is 0.720. The fourth-order valence-corrected chi connectivity index (χ4v) is 3.80. The van der Waals surface area contributed by atoms with Crippen molar-refractivity contribution in [3.8, 4) is 5.75 Å². The van der Waals surface area contributed by atoms with Crippen LogP contribution in [0.3, 0.4) is 0 Å². The van der Waals surface area contributed by atoms with Crippen LogP contribution in [-0.2, 0) is 23.0 Å². The van der Waals surface area contributed by atoms with Crippen LogP contribution < -0.4 is 15.2 Å². The number of benzene rings is 3. The second-order valence-corrected chi connectivity index (χ2v) is 8.21. The van der Waals surface area contributed by atoms with E-state index < -0.39 is 10.0 Å². The van der Waals surface area contributed by atoms with Crippen molar-refractivity contribution in [2.75, 3.05) is 12.3 Å². The van der Waals surface area contributed by atoms with Gasteiger partial charge in [0.05, 0.1) is 11.5 Å². The molecule has 0 aliphatic heterocycles. The van der Waals surface area contributed by atoms with Crippen molar-refractivity contribution in [2.24, 2.45) is 0 Å². The third kappa shape index (κ3) is 5.58. The number of nitrogens with one attached hydrogen (secondary N) is 1. The second-order valence-electron chi connectivity index (χ2n) is 6.44. The lowest BCUT2D eigenvalue weighted by atomic mass is 10.1. The van der Waals surface area contributed by atoms with Gasteiger partial charge in [-0.15, -0.1) is 0 Å². The third-order valence-corrected chi connectivity index (χ3v) is 5.74. The van der Waals surface area contributed by atoms with Crippen LogP contribution in [0.4, 0.5) is 5.69 Å². The Bertz CT molecular complexity index is 988. The zero-order valence-electron chi connectivity index (χ0n) is 15.5. The van der Waals surface area contributed by atoms with Gasteiger partial charge in [0.2, 0.25) is 10.0 Å². The maximum atomic E-state index is 12.5. The number of nitrogen functional groups attached to an aromatic ring is 1. The molecule has 3 aromatic carbocycles. The van der Waals surface area contributed by atoms with Crippen molar-refractivity contribution in [1.82, 2.24) is 4.72 Å². The first-order chi connectivity index (χ1) is 13.5. The van der Waals surface area contributed by atoms with Crippen LogP contribution in [0.5, 0.6) is 5.75 Å². The van der Waals surface area contributed by atoms with Gasteiger partial charge in [-0.05, 0) is 48.7 Å². The van der Waals surface area contributed by atoms with Crippen LogP contribution in [0.25, 0.3) is 0 Å². The van der Waals surface area contributed by atoms with Crippen molar-refractivity contribution in [1.29, 1.82) is 0 Å². The highest BCUT2D eigenvalue weighted by Gasteiger charge is 2.14. The van der Waals surface area contributed by atoms with E-state index in [9.17, 15) is 8.42 Å². The zero-order valence-corrected chi connectivity index (χ0v) is 16.4. The summed E-state index contributed by atoms with van der Waals surface area (Å²) in [7, 11) is -3.61. The third-order valence-electron chi connectivity index (χ3n) is 4.33. The molecule has 0 aliphatic carbocycles. The van der Waals surface area contributed by atoms with E-state index in [1.54, 1.807) is 12.1 Å². The highest BCUT2D eigenvalue weighted by Crippen LogP contribution is 2.19. The quantitative estimate of drug-likeness (QED) is 0.426. The SMILES string of the molecule is Nc1ccc(S(=O)(=O)NCc2ccccc2OCCCc2ccccc2)cc1. The van der Waals surface area contributed by atoms with Gasteiger partial charge in [-0.25, -0.2) is 13.1 Å². The minimum Gasteiger partial charge on any atom is -0.493 e. The molecule has 146 valence electrons. The molecule has 0 unspecified atom stereocenters. The Kier molecular flexibility index (Phi) is 6.68. The lowest BCUT2D eigenvalue weighted by Crippen LogP contribution is -2.23. The first-order valence-corrected chi connectivity index (χ1v) is 10.6. The summed E-state index contributed by atoms with van der Waals surface area (Å²) in [5, 5.41) is 0. The minimum absolute atomic E-state index is 0.154. The number of hydrogen-bond donors (Lipinski definition) is 2. The van der Waals surface area contributed by atoms with Gasteiger partial charge in [0.25, 0.3) is 0 Å². The Hall–Kier alpha value is -2.83. The van der Waals surface area contributed by atoms with Crippen molar-refractivity contribution < 1.29 is 13.2 Å². The number of sulfonamides is 1. The molecule has 0 spiro atoms. The van der Waals surface area contributed by atoms with Gasteiger partial charge in [-0.2, -0.15) is 0 Å². The molecule has 5 nitrogen and oxygen atoms in total.